The maximum absolute atomic E-state index is 14.2. The lowest BCUT2D eigenvalue weighted by atomic mass is 9.58. The Morgan fingerprint density at radius 2 is 1.68 bits per heavy atom. The van der Waals surface area contributed by atoms with Gasteiger partial charge in [0.1, 0.15) is 30.5 Å². The number of fused-ring (bicyclic) bond motifs is 3. The zero-order valence-electron chi connectivity index (χ0n) is 26.6. The van der Waals surface area contributed by atoms with Crippen molar-refractivity contribution < 1.29 is 33.5 Å². The highest BCUT2D eigenvalue weighted by atomic mass is 16.5. The van der Waals surface area contributed by atoms with E-state index in [2.05, 4.69) is 0 Å². The fourth-order valence-corrected chi connectivity index (χ4v) is 8.27. The van der Waals surface area contributed by atoms with Crippen molar-refractivity contribution in [3.63, 3.8) is 0 Å². The summed E-state index contributed by atoms with van der Waals surface area (Å²) in [4.78, 5) is 29.8. The van der Waals surface area contributed by atoms with Crippen molar-refractivity contribution >= 4 is 30.6 Å². The lowest BCUT2D eigenvalue weighted by Gasteiger charge is -2.43. The van der Waals surface area contributed by atoms with E-state index < -0.39 is 25.1 Å². The van der Waals surface area contributed by atoms with Gasteiger partial charge in [0.15, 0.2) is 0 Å². The number of imide groups is 1. The molecule has 2 aliphatic heterocycles. The van der Waals surface area contributed by atoms with Gasteiger partial charge in [-0.2, -0.15) is 0 Å². The van der Waals surface area contributed by atoms with E-state index in [-0.39, 0.29) is 43.3 Å². The standard InChI is InChI=1S/C38H42BNO7/c41-23-31-18-17-30(46-31)20-26(25-10-4-1-5-11-25)16-19-34-35-27(24-45-29-14-8-3-9-15-29)21-32-36(33(35)22-39(44)47-34)38(43)40(37(32)42)28-12-6-2-7-13-28/h1,3-5,8-11,14-15,17-18,20,28,32-34,36,41,44H,2,6-7,12-13,16,19,21-24H2/b26-20-/t32-,33+,34-,36-/m1/s1. The Morgan fingerprint density at radius 1 is 0.936 bits per heavy atom. The largest absolute Gasteiger partial charge is 0.489 e. The molecule has 1 saturated carbocycles. The Balaban J connectivity index is 1.21. The maximum atomic E-state index is 14.2. The molecule has 3 heterocycles. The van der Waals surface area contributed by atoms with Crippen LogP contribution in [0.4, 0.5) is 0 Å². The molecular weight excluding hydrogens is 593 g/mol. The Hall–Kier alpha value is -3.92. The number of nitrogens with zero attached hydrogens (tertiary/aromatic N) is 1. The molecular formula is C38H42BNO7. The van der Waals surface area contributed by atoms with Crippen LogP contribution in [-0.2, 0) is 20.9 Å². The van der Waals surface area contributed by atoms with Crippen molar-refractivity contribution in [2.45, 2.75) is 76.4 Å². The predicted molar refractivity (Wildman–Crippen MR) is 179 cm³/mol. The van der Waals surface area contributed by atoms with Gasteiger partial charge in [0.2, 0.25) is 11.8 Å². The monoisotopic (exact) mass is 635 g/mol. The average Bonchev–Trinajstić information content (AvgIpc) is 3.67. The van der Waals surface area contributed by atoms with Crippen molar-refractivity contribution in [3.8, 4) is 5.75 Å². The van der Waals surface area contributed by atoms with Crippen molar-refractivity contribution in [2.75, 3.05) is 6.61 Å². The number of ether oxygens (including phenoxy) is 1. The van der Waals surface area contributed by atoms with Gasteiger partial charge in [0, 0.05) is 6.04 Å². The van der Waals surface area contributed by atoms with E-state index in [1.54, 1.807) is 11.0 Å². The molecule has 3 aromatic rings. The first-order valence-electron chi connectivity index (χ1n) is 17.1. The zero-order valence-corrected chi connectivity index (χ0v) is 26.6. The van der Waals surface area contributed by atoms with Crippen LogP contribution in [0, 0.1) is 17.8 Å². The van der Waals surface area contributed by atoms with Gasteiger partial charge in [-0.1, -0.05) is 67.8 Å². The summed E-state index contributed by atoms with van der Waals surface area (Å²) in [7, 11) is -1.04. The number of hydrogen-bond donors (Lipinski definition) is 2. The molecule has 9 heteroatoms. The number of amides is 2. The van der Waals surface area contributed by atoms with Gasteiger partial charge >= 0.3 is 7.12 Å². The van der Waals surface area contributed by atoms with Gasteiger partial charge in [-0.3, -0.25) is 14.5 Å². The molecule has 47 heavy (non-hydrogen) atoms. The number of furan rings is 1. The second-order valence-corrected chi connectivity index (χ2v) is 13.3. The van der Waals surface area contributed by atoms with Gasteiger partial charge in [-0.25, -0.2) is 0 Å². The lowest BCUT2D eigenvalue weighted by Crippen LogP contribution is -2.47. The fraction of sp³-hybridized carbons (Fsp3) is 0.421. The van der Waals surface area contributed by atoms with Crippen LogP contribution < -0.4 is 4.74 Å². The van der Waals surface area contributed by atoms with Gasteiger partial charge in [0.05, 0.1) is 17.9 Å². The molecule has 2 amide bonds. The van der Waals surface area contributed by atoms with Gasteiger partial charge < -0.3 is 23.9 Å². The van der Waals surface area contributed by atoms with E-state index >= 15 is 0 Å². The number of aliphatic hydroxyl groups excluding tert-OH is 1. The van der Waals surface area contributed by atoms with Crippen molar-refractivity contribution in [1.29, 1.82) is 0 Å². The summed E-state index contributed by atoms with van der Waals surface area (Å²) in [5, 5.41) is 20.6. The first-order valence-corrected chi connectivity index (χ1v) is 17.1. The third kappa shape index (κ3) is 6.62. The smallest absolute Gasteiger partial charge is 0.455 e. The molecule has 2 saturated heterocycles. The SMILES string of the molecule is O=C1[C@@H]2[C@@H](CC(COc3ccccc3)=C3[C@@H](CC/C(=C/c4ccc(CO)o4)c4ccccc4)OB(O)C[C@@H]32)C(=O)N1C1CCCCC1. The van der Waals surface area contributed by atoms with Crippen LogP contribution in [0.1, 0.15) is 68.5 Å². The molecule has 2 N–H and O–H groups in total. The topological polar surface area (TPSA) is 109 Å². The third-order valence-corrected chi connectivity index (χ3v) is 10.4. The summed E-state index contributed by atoms with van der Waals surface area (Å²) in [6.07, 6.45) is 8.35. The predicted octanol–water partition coefficient (Wildman–Crippen LogP) is 6.30. The number of aliphatic hydroxyl groups is 1. The lowest BCUT2D eigenvalue weighted by molar-refractivity contribution is -0.143. The fourth-order valence-electron chi connectivity index (χ4n) is 8.27. The summed E-state index contributed by atoms with van der Waals surface area (Å²) in [6, 6.07) is 23.2. The number of allylic oxidation sites excluding steroid dienone is 1. The average molecular weight is 636 g/mol. The number of rotatable bonds is 10. The Labute approximate surface area is 276 Å². The second-order valence-electron chi connectivity index (χ2n) is 13.3. The van der Waals surface area contributed by atoms with Crippen LogP contribution in [-0.4, -0.2) is 52.7 Å². The zero-order chi connectivity index (χ0) is 32.3. The molecule has 2 aromatic carbocycles. The quantitative estimate of drug-likeness (QED) is 0.153. The van der Waals surface area contributed by atoms with E-state index in [9.17, 15) is 19.7 Å². The Morgan fingerprint density at radius 3 is 2.40 bits per heavy atom. The highest BCUT2D eigenvalue weighted by Gasteiger charge is 2.58. The highest BCUT2D eigenvalue weighted by molar-refractivity contribution is 6.43. The van der Waals surface area contributed by atoms with Crippen LogP contribution in [0.3, 0.4) is 0 Å². The summed E-state index contributed by atoms with van der Waals surface area (Å²) in [5.41, 5.74) is 4.06. The number of para-hydroxylation sites is 1. The summed E-state index contributed by atoms with van der Waals surface area (Å²) >= 11 is 0. The Bertz CT molecular complexity index is 1630. The van der Waals surface area contributed by atoms with Gasteiger partial charge in [-0.15, -0.1) is 0 Å². The number of hydrogen-bond acceptors (Lipinski definition) is 7. The van der Waals surface area contributed by atoms with Crippen LogP contribution >= 0.6 is 0 Å². The molecule has 244 valence electrons. The maximum Gasteiger partial charge on any atom is 0.455 e. The highest BCUT2D eigenvalue weighted by Crippen LogP contribution is 2.51. The number of benzene rings is 2. The number of likely N-dealkylation sites (tertiary alicyclic amines) is 1. The molecule has 8 nitrogen and oxygen atoms in total. The number of carbonyl (C=O) groups excluding carboxylic acids is 2. The number of carbonyl (C=O) groups is 2. The molecule has 4 atom stereocenters. The molecule has 1 aromatic heterocycles. The van der Waals surface area contributed by atoms with Crippen molar-refractivity contribution in [3.05, 3.63) is 101 Å². The molecule has 0 bridgehead atoms. The molecule has 0 spiro atoms. The Kier molecular flexibility index (Phi) is 9.47. The van der Waals surface area contributed by atoms with Crippen LogP contribution in [0.15, 0.2) is 88.4 Å². The van der Waals surface area contributed by atoms with Crippen LogP contribution in [0.25, 0.3) is 11.6 Å². The third-order valence-electron chi connectivity index (χ3n) is 10.4. The van der Waals surface area contributed by atoms with Crippen LogP contribution in [0.2, 0.25) is 6.32 Å². The second kappa shape index (κ2) is 14.1. The van der Waals surface area contributed by atoms with E-state index in [1.807, 2.05) is 72.8 Å². The van der Waals surface area contributed by atoms with E-state index in [0.29, 0.717) is 30.8 Å². The molecule has 2 aliphatic carbocycles. The van der Waals surface area contributed by atoms with E-state index in [4.69, 9.17) is 13.8 Å². The van der Waals surface area contributed by atoms with E-state index in [1.165, 1.54) is 0 Å². The first-order chi connectivity index (χ1) is 23.0. The van der Waals surface area contributed by atoms with Gasteiger partial charge in [-0.05, 0) is 97.0 Å². The summed E-state index contributed by atoms with van der Waals surface area (Å²) in [5.74, 6) is 0.494. The van der Waals surface area contributed by atoms with Gasteiger partial charge in [0.25, 0.3) is 0 Å². The minimum atomic E-state index is -1.04. The minimum Gasteiger partial charge on any atom is -0.489 e. The summed E-state index contributed by atoms with van der Waals surface area (Å²) in [6.45, 7) is 0.116. The molecule has 0 radical (unpaired) electrons. The first kappa shape index (κ1) is 31.7. The van der Waals surface area contributed by atoms with E-state index in [0.717, 1.165) is 60.1 Å². The van der Waals surface area contributed by atoms with Crippen molar-refractivity contribution in [1.82, 2.24) is 4.90 Å². The minimum absolute atomic E-state index is 0.0334. The molecule has 4 aliphatic rings. The molecule has 3 fully saturated rings. The molecule has 0 unspecified atom stereocenters. The summed E-state index contributed by atoms with van der Waals surface area (Å²) < 4.78 is 18.4. The van der Waals surface area contributed by atoms with Crippen molar-refractivity contribution in [2.24, 2.45) is 17.8 Å². The molecule has 7 rings (SSSR count). The van der Waals surface area contributed by atoms with Crippen LogP contribution in [0.5, 0.6) is 5.75 Å². The normalized spacial score (nSPS) is 25.3.